The molecule has 1 unspecified atom stereocenters. The van der Waals surface area contributed by atoms with Crippen LogP contribution < -0.4 is 10.6 Å². The summed E-state index contributed by atoms with van der Waals surface area (Å²) in [6, 6.07) is -0.801. The van der Waals surface area contributed by atoms with E-state index in [1.54, 1.807) is 0 Å². The summed E-state index contributed by atoms with van der Waals surface area (Å²) in [6.07, 6.45) is 1.81. The molecule has 1 amide bonds. The van der Waals surface area contributed by atoms with Gasteiger partial charge in [0.2, 0.25) is 5.91 Å². The van der Waals surface area contributed by atoms with Crippen molar-refractivity contribution in [3.8, 4) is 0 Å². The van der Waals surface area contributed by atoms with Crippen molar-refractivity contribution in [1.29, 1.82) is 0 Å². The molecule has 0 aromatic heterocycles. The molecule has 80 valence electrons. The van der Waals surface area contributed by atoms with E-state index in [-0.39, 0.29) is 11.8 Å². The quantitative estimate of drug-likeness (QED) is 0.578. The average Bonchev–Trinajstić information content (AvgIpc) is 2.19. The van der Waals surface area contributed by atoms with Crippen LogP contribution in [0.2, 0.25) is 0 Å². The first kappa shape index (κ1) is 11.0. The Morgan fingerprint density at radius 3 is 2.79 bits per heavy atom. The summed E-state index contributed by atoms with van der Waals surface area (Å²) in [5.41, 5.74) is 0. The second-order valence-corrected chi connectivity index (χ2v) is 3.61. The molecular weight excluding hydrogens is 184 g/mol. The number of carboxylic acids is 1. The SMILES string of the molecule is C[C@@H](NC(=O)C1CCCNC1)C(=O)O. The van der Waals surface area contributed by atoms with Crippen molar-refractivity contribution in [2.24, 2.45) is 5.92 Å². The van der Waals surface area contributed by atoms with Gasteiger partial charge < -0.3 is 15.7 Å². The van der Waals surface area contributed by atoms with Gasteiger partial charge in [0.15, 0.2) is 0 Å². The molecule has 1 aliphatic heterocycles. The Morgan fingerprint density at radius 1 is 1.57 bits per heavy atom. The second kappa shape index (κ2) is 4.95. The fourth-order valence-electron chi connectivity index (χ4n) is 1.47. The van der Waals surface area contributed by atoms with Crippen molar-refractivity contribution in [1.82, 2.24) is 10.6 Å². The number of rotatable bonds is 3. The molecule has 0 aromatic rings. The number of carbonyl (C=O) groups excluding carboxylic acids is 1. The minimum atomic E-state index is -0.998. The predicted octanol–water partition coefficient (Wildman–Crippen LogP) is -0.425. The molecule has 0 saturated carbocycles. The fraction of sp³-hybridized carbons (Fsp3) is 0.778. The van der Waals surface area contributed by atoms with Gasteiger partial charge in [0.05, 0.1) is 5.92 Å². The zero-order chi connectivity index (χ0) is 10.6. The van der Waals surface area contributed by atoms with Gasteiger partial charge in [-0.2, -0.15) is 0 Å². The van der Waals surface area contributed by atoms with Gasteiger partial charge in [-0.3, -0.25) is 9.59 Å². The number of carbonyl (C=O) groups is 2. The first-order valence-electron chi connectivity index (χ1n) is 4.85. The molecule has 1 fully saturated rings. The van der Waals surface area contributed by atoms with Crippen LogP contribution in [0.5, 0.6) is 0 Å². The van der Waals surface area contributed by atoms with Crippen molar-refractivity contribution < 1.29 is 14.7 Å². The van der Waals surface area contributed by atoms with Gasteiger partial charge in [0, 0.05) is 6.54 Å². The van der Waals surface area contributed by atoms with Crippen LogP contribution in [-0.4, -0.2) is 36.1 Å². The van der Waals surface area contributed by atoms with Crippen LogP contribution in [0.25, 0.3) is 0 Å². The van der Waals surface area contributed by atoms with Gasteiger partial charge in [-0.05, 0) is 26.3 Å². The molecule has 3 N–H and O–H groups in total. The van der Waals surface area contributed by atoms with Gasteiger partial charge in [0.25, 0.3) is 0 Å². The number of aliphatic carboxylic acids is 1. The van der Waals surface area contributed by atoms with Crippen LogP contribution >= 0.6 is 0 Å². The van der Waals surface area contributed by atoms with E-state index < -0.39 is 12.0 Å². The van der Waals surface area contributed by atoms with Crippen LogP contribution in [0.3, 0.4) is 0 Å². The van der Waals surface area contributed by atoms with E-state index >= 15 is 0 Å². The molecule has 0 aliphatic carbocycles. The van der Waals surface area contributed by atoms with Gasteiger partial charge in [0.1, 0.15) is 6.04 Å². The number of nitrogens with one attached hydrogen (secondary N) is 2. The standard InChI is InChI=1S/C9H16N2O3/c1-6(9(13)14)11-8(12)7-3-2-4-10-5-7/h6-7,10H,2-5H2,1H3,(H,11,12)(H,13,14)/t6-,7?/m1/s1. The highest BCUT2D eigenvalue weighted by Gasteiger charge is 2.23. The monoisotopic (exact) mass is 200 g/mol. The van der Waals surface area contributed by atoms with Crippen molar-refractivity contribution in [2.75, 3.05) is 13.1 Å². The minimum Gasteiger partial charge on any atom is -0.480 e. The van der Waals surface area contributed by atoms with Gasteiger partial charge in [-0.1, -0.05) is 0 Å². The number of hydrogen-bond acceptors (Lipinski definition) is 3. The highest BCUT2D eigenvalue weighted by molar-refractivity contribution is 5.84. The smallest absolute Gasteiger partial charge is 0.325 e. The normalized spacial score (nSPS) is 23.9. The third kappa shape index (κ3) is 2.99. The zero-order valence-electron chi connectivity index (χ0n) is 8.25. The van der Waals surface area contributed by atoms with Crippen molar-refractivity contribution >= 4 is 11.9 Å². The molecule has 0 radical (unpaired) electrons. The number of hydrogen-bond donors (Lipinski definition) is 3. The highest BCUT2D eigenvalue weighted by atomic mass is 16.4. The van der Waals surface area contributed by atoms with Crippen molar-refractivity contribution in [2.45, 2.75) is 25.8 Å². The molecule has 14 heavy (non-hydrogen) atoms. The Labute approximate surface area is 82.9 Å². The first-order valence-corrected chi connectivity index (χ1v) is 4.85. The lowest BCUT2D eigenvalue weighted by molar-refractivity contribution is -0.142. The highest BCUT2D eigenvalue weighted by Crippen LogP contribution is 2.09. The molecule has 0 spiro atoms. The molecule has 1 saturated heterocycles. The lowest BCUT2D eigenvalue weighted by Gasteiger charge is -2.22. The summed E-state index contributed by atoms with van der Waals surface area (Å²) in [6.45, 7) is 3.06. The molecule has 1 rings (SSSR count). The van der Waals surface area contributed by atoms with Crippen molar-refractivity contribution in [3.05, 3.63) is 0 Å². The third-order valence-corrected chi connectivity index (χ3v) is 2.40. The van der Waals surface area contributed by atoms with Crippen LogP contribution in [0.4, 0.5) is 0 Å². The zero-order valence-corrected chi connectivity index (χ0v) is 8.25. The van der Waals surface area contributed by atoms with E-state index in [0.29, 0.717) is 6.54 Å². The largest absolute Gasteiger partial charge is 0.480 e. The molecule has 1 heterocycles. The third-order valence-electron chi connectivity index (χ3n) is 2.40. The van der Waals surface area contributed by atoms with Crippen LogP contribution in [0.15, 0.2) is 0 Å². The van der Waals surface area contributed by atoms with E-state index in [1.165, 1.54) is 6.92 Å². The molecule has 0 aromatic carbocycles. The Bertz CT molecular complexity index is 224. The first-order chi connectivity index (χ1) is 6.61. The van der Waals surface area contributed by atoms with Crippen molar-refractivity contribution in [3.63, 3.8) is 0 Å². The second-order valence-electron chi connectivity index (χ2n) is 3.61. The Morgan fingerprint density at radius 2 is 2.29 bits per heavy atom. The van der Waals surface area contributed by atoms with E-state index in [0.717, 1.165) is 19.4 Å². The lowest BCUT2D eigenvalue weighted by Crippen LogP contribution is -2.46. The maximum atomic E-state index is 11.5. The molecular formula is C9H16N2O3. The summed E-state index contributed by atoms with van der Waals surface area (Å²) >= 11 is 0. The van der Waals surface area contributed by atoms with Gasteiger partial charge in [-0.25, -0.2) is 0 Å². The Hall–Kier alpha value is -1.10. The summed E-state index contributed by atoms with van der Waals surface area (Å²) in [4.78, 5) is 22.0. The summed E-state index contributed by atoms with van der Waals surface area (Å²) < 4.78 is 0. The van der Waals surface area contributed by atoms with Gasteiger partial charge >= 0.3 is 5.97 Å². The summed E-state index contributed by atoms with van der Waals surface area (Å²) in [5.74, 6) is -1.24. The van der Waals surface area contributed by atoms with E-state index in [4.69, 9.17) is 5.11 Å². The summed E-state index contributed by atoms with van der Waals surface area (Å²) in [5, 5.41) is 14.2. The molecule has 2 atom stereocenters. The number of piperidine rings is 1. The van der Waals surface area contributed by atoms with Gasteiger partial charge in [-0.15, -0.1) is 0 Å². The topological polar surface area (TPSA) is 78.4 Å². The Kier molecular flexibility index (Phi) is 3.88. The van der Waals surface area contributed by atoms with E-state index in [2.05, 4.69) is 10.6 Å². The van der Waals surface area contributed by atoms with Crippen LogP contribution in [0, 0.1) is 5.92 Å². The molecule has 1 aliphatic rings. The maximum Gasteiger partial charge on any atom is 0.325 e. The Balaban J connectivity index is 2.36. The van der Waals surface area contributed by atoms with Crippen LogP contribution in [-0.2, 0) is 9.59 Å². The molecule has 5 nitrogen and oxygen atoms in total. The molecule has 5 heteroatoms. The molecule has 0 bridgehead atoms. The number of carboxylic acid groups (broad SMARTS) is 1. The average molecular weight is 200 g/mol. The fourth-order valence-corrected chi connectivity index (χ4v) is 1.47. The van der Waals surface area contributed by atoms with E-state index in [9.17, 15) is 9.59 Å². The minimum absolute atomic E-state index is 0.0782. The summed E-state index contributed by atoms with van der Waals surface area (Å²) in [7, 11) is 0. The van der Waals surface area contributed by atoms with E-state index in [1.807, 2.05) is 0 Å². The predicted molar refractivity (Wildman–Crippen MR) is 50.8 cm³/mol. The maximum absolute atomic E-state index is 11.5. The number of amides is 1. The van der Waals surface area contributed by atoms with Crippen LogP contribution in [0.1, 0.15) is 19.8 Å². The lowest BCUT2D eigenvalue weighted by atomic mass is 9.98.